The Kier molecular flexibility index (Phi) is 3.91. The quantitative estimate of drug-likeness (QED) is 0.458. The van der Waals surface area contributed by atoms with E-state index in [0.717, 1.165) is 12.8 Å². The van der Waals surface area contributed by atoms with Crippen molar-refractivity contribution in [1.29, 1.82) is 0 Å². The van der Waals surface area contributed by atoms with Crippen LogP contribution < -0.4 is 34.7 Å². The summed E-state index contributed by atoms with van der Waals surface area (Å²) in [6.07, 6.45) is 9.12. The van der Waals surface area contributed by atoms with Gasteiger partial charge in [0.1, 0.15) is 0 Å². The first kappa shape index (κ1) is 11.6. The van der Waals surface area contributed by atoms with E-state index in [9.17, 15) is 5.11 Å². The van der Waals surface area contributed by atoms with Gasteiger partial charge in [0.2, 0.25) is 0 Å². The van der Waals surface area contributed by atoms with E-state index < -0.39 is 0 Å². The summed E-state index contributed by atoms with van der Waals surface area (Å²) < 4.78 is 0. The van der Waals surface area contributed by atoms with Gasteiger partial charge < -0.3 is 5.11 Å². The van der Waals surface area contributed by atoms with Crippen molar-refractivity contribution in [2.24, 2.45) is 11.3 Å². The second kappa shape index (κ2) is 4.37. The maximum Gasteiger partial charge on any atom is 1.00 e. The van der Waals surface area contributed by atoms with Crippen molar-refractivity contribution in [3.63, 3.8) is 0 Å². The van der Waals surface area contributed by atoms with Crippen LogP contribution in [-0.4, -0.2) is 0 Å². The molecule has 2 aliphatic carbocycles. The van der Waals surface area contributed by atoms with Crippen LogP contribution in [0.1, 0.15) is 45.4 Å². The van der Waals surface area contributed by atoms with E-state index >= 15 is 0 Å². The van der Waals surface area contributed by atoms with E-state index in [-0.39, 0.29) is 29.6 Å². The van der Waals surface area contributed by atoms with E-state index in [1.165, 1.54) is 25.7 Å². The van der Waals surface area contributed by atoms with E-state index in [0.29, 0.717) is 17.1 Å². The van der Waals surface area contributed by atoms with Gasteiger partial charge in [-0.05, 0) is 37.0 Å². The number of fused-ring (bicyclic) bond motifs is 1. The Morgan fingerprint density at radius 1 is 1.46 bits per heavy atom. The van der Waals surface area contributed by atoms with Gasteiger partial charge in [-0.15, -0.1) is 5.76 Å². The maximum absolute atomic E-state index is 11.2. The molecule has 0 N–H and O–H groups in total. The average molecular weight is 188 g/mol. The molecular formula is C11H17NaO. The molecule has 2 rings (SSSR count). The van der Waals surface area contributed by atoms with Crippen LogP contribution in [-0.2, 0) is 0 Å². The Labute approximate surface area is 103 Å². The molecule has 2 atom stereocenters. The van der Waals surface area contributed by atoms with Crippen LogP contribution in [0.2, 0.25) is 0 Å². The van der Waals surface area contributed by atoms with Crippen LogP contribution in [0.15, 0.2) is 11.8 Å². The summed E-state index contributed by atoms with van der Waals surface area (Å²) in [6, 6.07) is 0. The fraction of sp³-hybridized carbons (Fsp3) is 0.818. The third-order valence-corrected chi connectivity index (χ3v) is 3.78. The molecule has 0 heterocycles. The summed E-state index contributed by atoms with van der Waals surface area (Å²) in [7, 11) is 0. The molecule has 0 unspecified atom stereocenters. The van der Waals surface area contributed by atoms with Crippen LogP contribution in [0, 0.1) is 11.3 Å². The van der Waals surface area contributed by atoms with Gasteiger partial charge in [-0.1, -0.05) is 25.8 Å². The maximum atomic E-state index is 11.2. The molecule has 68 valence electrons. The first-order valence-corrected chi connectivity index (χ1v) is 5.07. The molecule has 0 amide bonds. The molecule has 0 spiro atoms. The van der Waals surface area contributed by atoms with Crippen LogP contribution in [0.5, 0.6) is 0 Å². The second-order valence-electron chi connectivity index (χ2n) is 4.68. The average Bonchev–Trinajstić information content (AvgIpc) is 2.06. The molecular weight excluding hydrogens is 171 g/mol. The first-order valence-electron chi connectivity index (χ1n) is 5.07. The molecule has 2 aliphatic rings. The summed E-state index contributed by atoms with van der Waals surface area (Å²) in [5, 5.41) is 11.2. The second-order valence-corrected chi connectivity index (χ2v) is 4.68. The predicted octanol–water partition coefficient (Wildman–Crippen LogP) is -0.775. The molecule has 2 heteroatoms. The molecule has 0 aromatic heterocycles. The van der Waals surface area contributed by atoms with Gasteiger partial charge in [0.25, 0.3) is 0 Å². The van der Waals surface area contributed by atoms with E-state index in [1.807, 2.05) is 6.08 Å². The van der Waals surface area contributed by atoms with Gasteiger partial charge in [-0.2, -0.15) is 0 Å². The molecule has 0 aliphatic heterocycles. The molecule has 0 saturated heterocycles. The zero-order valence-electron chi connectivity index (χ0n) is 8.81. The molecule has 1 nitrogen and oxygen atoms in total. The number of rotatable bonds is 0. The van der Waals surface area contributed by atoms with E-state index in [2.05, 4.69) is 6.92 Å². The number of allylic oxidation sites excluding steroid dienone is 2. The van der Waals surface area contributed by atoms with Crippen molar-refractivity contribution >= 4 is 0 Å². The topological polar surface area (TPSA) is 23.1 Å². The van der Waals surface area contributed by atoms with Crippen molar-refractivity contribution in [2.75, 3.05) is 0 Å². The Balaban J connectivity index is 0.000000845. The van der Waals surface area contributed by atoms with E-state index in [4.69, 9.17) is 0 Å². The number of hydrogen-bond acceptors (Lipinski definition) is 1. The molecule has 13 heavy (non-hydrogen) atoms. The smallest absolute Gasteiger partial charge is 0.876 e. The first-order chi connectivity index (χ1) is 5.71. The van der Waals surface area contributed by atoms with Crippen LogP contribution in [0.25, 0.3) is 0 Å². The minimum absolute atomic E-state index is 0. The normalized spacial score (nSPS) is 38.5. The van der Waals surface area contributed by atoms with Gasteiger partial charge in [0, 0.05) is 0 Å². The molecule has 0 bridgehead atoms. The predicted molar refractivity (Wildman–Crippen MR) is 47.4 cm³/mol. The molecule has 0 radical (unpaired) electrons. The minimum Gasteiger partial charge on any atom is -0.876 e. The molecule has 0 aromatic carbocycles. The largest absolute Gasteiger partial charge is 1.00 e. The standard InChI is InChI=1S/C11H18O.Na/c1-11-6-3-2-4-9(11)8-10(12)5-7-11;/h5,9,12H,2-4,6-8H2,1H3;/q;+1/p-1/t9-,11-;/m0./s1. The summed E-state index contributed by atoms with van der Waals surface area (Å²) >= 11 is 0. The summed E-state index contributed by atoms with van der Waals surface area (Å²) in [4.78, 5) is 0. The summed E-state index contributed by atoms with van der Waals surface area (Å²) in [5.74, 6) is 1.09. The monoisotopic (exact) mass is 188 g/mol. The Hall–Kier alpha value is 0.540. The van der Waals surface area contributed by atoms with Gasteiger partial charge in [0.05, 0.1) is 0 Å². The SMILES string of the molecule is C[C@]12CC=C([O-])C[C@@H]1CCCC2.[Na+]. The zero-order chi connectivity index (χ0) is 8.60. The van der Waals surface area contributed by atoms with Gasteiger partial charge >= 0.3 is 29.6 Å². The van der Waals surface area contributed by atoms with Crippen LogP contribution >= 0.6 is 0 Å². The van der Waals surface area contributed by atoms with Gasteiger partial charge in [-0.3, -0.25) is 0 Å². The third kappa shape index (κ3) is 2.31. The fourth-order valence-corrected chi connectivity index (χ4v) is 2.76. The number of hydrogen-bond donors (Lipinski definition) is 0. The third-order valence-electron chi connectivity index (χ3n) is 3.78. The molecule has 1 fully saturated rings. The Morgan fingerprint density at radius 3 is 3.00 bits per heavy atom. The molecule has 1 saturated carbocycles. The zero-order valence-corrected chi connectivity index (χ0v) is 10.8. The fourth-order valence-electron chi connectivity index (χ4n) is 2.76. The van der Waals surface area contributed by atoms with Crippen molar-refractivity contribution in [2.45, 2.75) is 45.4 Å². The van der Waals surface area contributed by atoms with Crippen molar-refractivity contribution < 1.29 is 34.7 Å². The van der Waals surface area contributed by atoms with Crippen molar-refractivity contribution in [3.8, 4) is 0 Å². The van der Waals surface area contributed by atoms with Crippen molar-refractivity contribution in [1.82, 2.24) is 0 Å². The van der Waals surface area contributed by atoms with Crippen LogP contribution in [0.4, 0.5) is 0 Å². The minimum atomic E-state index is 0. The molecule has 0 aromatic rings. The van der Waals surface area contributed by atoms with Gasteiger partial charge in [0.15, 0.2) is 0 Å². The van der Waals surface area contributed by atoms with E-state index in [1.54, 1.807) is 0 Å². The Morgan fingerprint density at radius 2 is 2.23 bits per heavy atom. The Bertz CT molecular complexity index is 212. The van der Waals surface area contributed by atoms with Crippen LogP contribution in [0.3, 0.4) is 0 Å². The van der Waals surface area contributed by atoms with Crippen molar-refractivity contribution in [3.05, 3.63) is 11.8 Å². The summed E-state index contributed by atoms with van der Waals surface area (Å²) in [5.41, 5.74) is 0.478. The van der Waals surface area contributed by atoms with Gasteiger partial charge in [-0.25, -0.2) is 0 Å². The summed E-state index contributed by atoms with van der Waals surface area (Å²) in [6.45, 7) is 2.36.